The summed E-state index contributed by atoms with van der Waals surface area (Å²) < 4.78 is 5.37. The Kier molecular flexibility index (Phi) is 7.38. The summed E-state index contributed by atoms with van der Waals surface area (Å²) in [4.78, 5) is 45.8. The third-order valence-electron chi connectivity index (χ3n) is 5.73. The van der Waals surface area contributed by atoms with Crippen molar-refractivity contribution in [1.29, 1.82) is 0 Å². The van der Waals surface area contributed by atoms with Gasteiger partial charge in [-0.2, -0.15) is 0 Å². The smallest absolute Gasteiger partial charge is 0.408 e. The van der Waals surface area contributed by atoms with Gasteiger partial charge < -0.3 is 20.3 Å². The third kappa shape index (κ3) is 6.03. The van der Waals surface area contributed by atoms with Crippen molar-refractivity contribution in [3.8, 4) is 0 Å². The molecule has 3 aromatic carbocycles. The summed E-state index contributed by atoms with van der Waals surface area (Å²) in [5, 5.41) is 5.39. The van der Waals surface area contributed by atoms with E-state index in [1.807, 2.05) is 60.7 Å². The molecule has 0 radical (unpaired) electrons. The number of alkyl carbamates (subject to hydrolysis) is 1. The van der Waals surface area contributed by atoms with Crippen LogP contribution in [-0.2, 0) is 14.3 Å². The SMILES string of the molecule is CN1C(=O)[C@@H](NC(=O)[C@@H](NC(=O)OC(C)(C)C)c2ccccc2)N=C(c2ccccc2)c2ccccc21. The number of hydrogen-bond donors (Lipinski definition) is 2. The van der Waals surface area contributed by atoms with Crippen molar-refractivity contribution in [3.05, 3.63) is 102 Å². The van der Waals surface area contributed by atoms with Crippen LogP contribution in [0.5, 0.6) is 0 Å². The zero-order chi connectivity index (χ0) is 26.6. The molecule has 0 aliphatic carbocycles. The minimum absolute atomic E-state index is 0.407. The van der Waals surface area contributed by atoms with Gasteiger partial charge in [-0.3, -0.25) is 9.59 Å². The van der Waals surface area contributed by atoms with Gasteiger partial charge in [-0.05, 0) is 32.4 Å². The van der Waals surface area contributed by atoms with Crippen molar-refractivity contribution in [2.24, 2.45) is 4.99 Å². The lowest BCUT2D eigenvalue weighted by molar-refractivity contribution is -0.128. The predicted molar refractivity (Wildman–Crippen MR) is 142 cm³/mol. The van der Waals surface area contributed by atoms with Gasteiger partial charge in [0.15, 0.2) is 0 Å². The number of rotatable bonds is 5. The van der Waals surface area contributed by atoms with Crippen LogP contribution >= 0.6 is 0 Å². The number of benzodiazepines with no additional fused rings is 1. The number of hydrogen-bond acceptors (Lipinski definition) is 5. The maximum Gasteiger partial charge on any atom is 0.408 e. The Bertz CT molecular complexity index is 1320. The van der Waals surface area contributed by atoms with Crippen molar-refractivity contribution in [2.75, 3.05) is 11.9 Å². The summed E-state index contributed by atoms with van der Waals surface area (Å²) in [6.07, 6.45) is -1.96. The van der Waals surface area contributed by atoms with E-state index in [0.717, 1.165) is 11.1 Å². The summed E-state index contributed by atoms with van der Waals surface area (Å²) in [5.74, 6) is -0.998. The Morgan fingerprint density at radius 3 is 2.16 bits per heavy atom. The summed E-state index contributed by atoms with van der Waals surface area (Å²) in [7, 11) is 1.65. The van der Waals surface area contributed by atoms with Crippen LogP contribution in [0.25, 0.3) is 0 Å². The Hall–Kier alpha value is -4.46. The van der Waals surface area contributed by atoms with Gasteiger partial charge in [-0.25, -0.2) is 9.79 Å². The number of nitrogens with zero attached hydrogens (tertiary/aromatic N) is 2. The molecule has 1 aliphatic heterocycles. The average Bonchev–Trinajstić information content (AvgIpc) is 2.98. The van der Waals surface area contributed by atoms with Crippen LogP contribution < -0.4 is 15.5 Å². The zero-order valence-corrected chi connectivity index (χ0v) is 21.3. The second-order valence-corrected chi connectivity index (χ2v) is 9.66. The number of anilines is 1. The molecular weight excluding hydrogens is 468 g/mol. The molecule has 8 heteroatoms. The number of fused-ring (bicyclic) bond motifs is 1. The predicted octanol–water partition coefficient (Wildman–Crippen LogP) is 4.21. The number of carbonyl (C=O) groups excluding carboxylic acids is 3. The normalized spacial score (nSPS) is 16.1. The fourth-order valence-corrected chi connectivity index (χ4v) is 4.03. The van der Waals surface area contributed by atoms with E-state index in [0.29, 0.717) is 17.0 Å². The van der Waals surface area contributed by atoms with E-state index in [1.165, 1.54) is 4.90 Å². The van der Waals surface area contributed by atoms with Gasteiger partial charge in [0.1, 0.15) is 11.6 Å². The first kappa shape index (κ1) is 25.6. The van der Waals surface area contributed by atoms with Crippen LogP contribution in [0.4, 0.5) is 10.5 Å². The van der Waals surface area contributed by atoms with E-state index in [4.69, 9.17) is 9.73 Å². The molecule has 0 fully saturated rings. The fourth-order valence-electron chi connectivity index (χ4n) is 4.03. The summed E-state index contributed by atoms with van der Waals surface area (Å²) in [6, 6.07) is 24.6. The number of carbonyl (C=O) groups is 3. The molecule has 3 aromatic rings. The van der Waals surface area contributed by atoms with Gasteiger partial charge in [0.25, 0.3) is 5.91 Å². The van der Waals surface area contributed by atoms with E-state index in [1.54, 1.807) is 52.1 Å². The topological polar surface area (TPSA) is 100 Å². The van der Waals surface area contributed by atoms with Crippen LogP contribution in [0.2, 0.25) is 0 Å². The number of ether oxygens (including phenoxy) is 1. The quantitative estimate of drug-likeness (QED) is 0.550. The molecule has 1 aliphatic rings. The first-order chi connectivity index (χ1) is 17.6. The monoisotopic (exact) mass is 498 g/mol. The first-order valence-corrected chi connectivity index (χ1v) is 12.0. The van der Waals surface area contributed by atoms with Crippen molar-refractivity contribution >= 4 is 29.3 Å². The molecule has 8 nitrogen and oxygen atoms in total. The Balaban J connectivity index is 1.70. The molecular formula is C29H30N4O4. The van der Waals surface area contributed by atoms with Crippen molar-refractivity contribution in [2.45, 2.75) is 38.6 Å². The van der Waals surface area contributed by atoms with Crippen LogP contribution in [0.3, 0.4) is 0 Å². The van der Waals surface area contributed by atoms with Gasteiger partial charge >= 0.3 is 6.09 Å². The minimum Gasteiger partial charge on any atom is -0.444 e. The van der Waals surface area contributed by atoms with Crippen molar-refractivity contribution in [3.63, 3.8) is 0 Å². The number of likely N-dealkylation sites (N-methyl/N-ethyl adjacent to an activating group) is 1. The van der Waals surface area contributed by atoms with E-state index in [-0.39, 0.29) is 0 Å². The summed E-state index contributed by atoms with van der Waals surface area (Å²) in [5.41, 5.74) is 2.63. The zero-order valence-electron chi connectivity index (χ0n) is 21.3. The van der Waals surface area contributed by atoms with Crippen LogP contribution in [-0.4, -0.2) is 42.4 Å². The number of nitrogens with one attached hydrogen (secondary N) is 2. The standard InChI is InChI=1S/C29H30N4O4/c1-29(2,3)37-28(36)31-24(20-15-9-6-10-16-20)26(34)32-25-27(35)33(4)22-18-12-11-17-21(22)23(30-25)19-13-7-5-8-14-19/h5-18,24-25H,1-4H3,(H,31,36)(H,32,34)/t24-,25+/m0/s1. The third-order valence-corrected chi connectivity index (χ3v) is 5.73. The fraction of sp³-hybridized carbons (Fsp3) is 0.241. The molecule has 0 saturated carbocycles. The molecule has 2 atom stereocenters. The Morgan fingerprint density at radius 2 is 1.51 bits per heavy atom. The van der Waals surface area contributed by atoms with E-state index < -0.39 is 35.7 Å². The highest BCUT2D eigenvalue weighted by Gasteiger charge is 2.34. The van der Waals surface area contributed by atoms with Crippen molar-refractivity contribution in [1.82, 2.24) is 10.6 Å². The molecule has 0 bridgehead atoms. The van der Waals surface area contributed by atoms with Gasteiger partial charge in [-0.1, -0.05) is 78.9 Å². The largest absolute Gasteiger partial charge is 0.444 e. The molecule has 0 spiro atoms. The average molecular weight is 499 g/mol. The lowest BCUT2D eigenvalue weighted by atomic mass is 10.0. The Labute approximate surface area is 216 Å². The number of para-hydroxylation sites is 1. The van der Waals surface area contributed by atoms with Gasteiger partial charge in [0.2, 0.25) is 12.1 Å². The lowest BCUT2D eigenvalue weighted by Crippen LogP contribution is -2.50. The van der Waals surface area contributed by atoms with E-state index >= 15 is 0 Å². The second kappa shape index (κ2) is 10.7. The molecule has 0 aromatic heterocycles. The molecule has 37 heavy (non-hydrogen) atoms. The highest BCUT2D eigenvalue weighted by molar-refractivity contribution is 6.20. The maximum atomic E-state index is 13.6. The lowest BCUT2D eigenvalue weighted by Gasteiger charge is -2.25. The second-order valence-electron chi connectivity index (χ2n) is 9.66. The molecule has 0 saturated heterocycles. The summed E-state index contributed by atoms with van der Waals surface area (Å²) in [6.45, 7) is 5.21. The molecule has 2 N–H and O–H groups in total. The molecule has 4 rings (SSSR count). The minimum atomic E-state index is -1.22. The maximum absolute atomic E-state index is 13.6. The highest BCUT2D eigenvalue weighted by Crippen LogP contribution is 2.27. The van der Waals surface area contributed by atoms with Crippen LogP contribution in [0.15, 0.2) is 89.9 Å². The molecule has 3 amide bonds. The van der Waals surface area contributed by atoms with Gasteiger partial charge in [0, 0.05) is 18.2 Å². The first-order valence-electron chi connectivity index (χ1n) is 12.0. The van der Waals surface area contributed by atoms with Gasteiger partial charge in [0.05, 0.1) is 11.4 Å². The number of amides is 3. The highest BCUT2D eigenvalue weighted by atomic mass is 16.6. The van der Waals surface area contributed by atoms with E-state index in [9.17, 15) is 14.4 Å². The van der Waals surface area contributed by atoms with E-state index in [2.05, 4.69) is 10.6 Å². The molecule has 1 heterocycles. The summed E-state index contributed by atoms with van der Waals surface area (Å²) >= 11 is 0. The molecule has 0 unspecified atom stereocenters. The van der Waals surface area contributed by atoms with Gasteiger partial charge in [-0.15, -0.1) is 0 Å². The van der Waals surface area contributed by atoms with Crippen LogP contribution in [0, 0.1) is 0 Å². The molecule has 190 valence electrons. The Morgan fingerprint density at radius 1 is 0.919 bits per heavy atom. The number of aliphatic imine (C=N–C) groups is 1. The van der Waals surface area contributed by atoms with Crippen LogP contribution in [0.1, 0.15) is 43.5 Å². The number of benzene rings is 3. The van der Waals surface area contributed by atoms with Crippen molar-refractivity contribution < 1.29 is 19.1 Å².